The summed E-state index contributed by atoms with van der Waals surface area (Å²) in [5.41, 5.74) is 0. The lowest BCUT2D eigenvalue weighted by atomic mass is 10.2. The zero-order valence-corrected chi connectivity index (χ0v) is 11.0. The maximum absolute atomic E-state index is 11.6. The van der Waals surface area contributed by atoms with Gasteiger partial charge in [-0.15, -0.1) is 0 Å². The first kappa shape index (κ1) is 13.7. The molecule has 1 aromatic heterocycles. The Hall–Kier alpha value is -1.36. The van der Waals surface area contributed by atoms with Crippen LogP contribution in [0.1, 0.15) is 13.8 Å². The molecule has 5 nitrogen and oxygen atoms in total. The molecule has 17 heavy (non-hydrogen) atoms. The molecule has 0 aromatic carbocycles. The van der Waals surface area contributed by atoms with E-state index in [9.17, 15) is 4.79 Å². The average molecular weight is 257 g/mol. The molecule has 0 aliphatic heterocycles. The van der Waals surface area contributed by atoms with Crippen LogP contribution >= 0.6 is 11.6 Å². The number of amides is 1. The zero-order chi connectivity index (χ0) is 12.8. The molecule has 1 amide bonds. The third-order valence-electron chi connectivity index (χ3n) is 2.09. The molecule has 0 saturated heterocycles. The highest BCUT2D eigenvalue weighted by molar-refractivity contribution is 6.31. The largest absolute Gasteiger partial charge is 0.354 e. The van der Waals surface area contributed by atoms with Gasteiger partial charge in [0.25, 0.3) is 0 Å². The second-order valence-electron chi connectivity index (χ2n) is 4.22. The quantitative estimate of drug-likeness (QED) is 0.864. The molecule has 0 atom stereocenters. The van der Waals surface area contributed by atoms with E-state index in [-0.39, 0.29) is 12.5 Å². The van der Waals surface area contributed by atoms with E-state index in [1.54, 1.807) is 18.1 Å². The number of aromatic nitrogens is 2. The monoisotopic (exact) mass is 256 g/mol. The van der Waals surface area contributed by atoms with Crippen molar-refractivity contribution < 1.29 is 4.79 Å². The van der Waals surface area contributed by atoms with Crippen LogP contribution in [0.5, 0.6) is 0 Å². The van der Waals surface area contributed by atoms with Crippen molar-refractivity contribution in [3.05, 3.63) is 17.5 Å². The van der Waals surface area contributed by atoms with Crippen LogP contribution in [0.4, 0.5) is 5.82 Å². The van der Waals surface area contributed by atoms with E-state index in [1.165, 1.54) is 6.20 Å². The molecule has 0 saturated carbocycles. The van der Waals surface area contributed by atoms with Gasteiger partial charge in [0.15, 0.2) is 11.0 Å². The Morgan fingerprint density at radius 2 is 2.12 bits per heavy atom. The summed E-state index contributed by atoms with van der Waals surface area (Å²) in [4.78, 5) is 21.3. The summed E-state index contributed by atoms with van der Waals surface area (Å²) in [5.74, 6) is 0.890. The number of hydrogen-bond donors (Lipinski definition) is 1. The van der Waals surface area contributed by atoms with Gasteiger partial charge >= 0.3 is 0 Å². The van der Waals surface area contributed by atoms with Crippen molar-refractivity contribution in [1.82, 2.24) is 15.3 Å². The fraction of sp³-hybridized carbons (Fsp3) is 0.545. The van der Waals surface area contributed by atoms with Gasteiger partial charge in [-0.2, -0.15) is 0 Å². The first-order chi connectivity index (χ1) is 8.00. The van der Waals surface area contributed by atoms with Crippen LogP contribution in [0.3, 0.4) is 0 Å². The SMILES string of the molecule is CC(C)CNC(=O)CN(C)c1nccnc1Cl. The Morgan fingerprint density at radius 3 is 2.71 bits per heavy atom. The summed E-state index contributed by atoms with van der Waals surface area (Å²) < 4.78 is 0. The van der Waals surface area contributed by atoms with Crippen LogP contribution in [-0.4, -0.2) is 36.0 Å². The van der Waals surface area contributed by atoms with Gasteiger partial charge in [0.1, 0.15) is 0 Å². The molecule has 1 aromatic rings. The summed E-state index contributed by atoms with van der Waals surface area (Å²) in [6, 6.07) is 0. The van der Waals surface area contributed by atoms with Gasteiger partial charge in [-0.3, -0.25) is 4.79 Å². The van der Waals surface area contributed by atoms with Crippen molar-refractivity contribution in [3.8, 4) is 0 Å². The van der Waals surface area contributed by atoms with Crippen LogP contribution < -0.4 is 10.2 Å². The minimum atomic E-state index is -0.0529. The minimum absolute atomic E-state index is 0.0529. The molecular formula is C11H17ClN4O. The van der Waals surface area contributed by atoms with Crippen LogP contribution in [0.15, 0.2) is 12.4 Å². The normalized spacial score (nSPS) is 10.4. The Morgan fingerprint density at radius 1 is 1.47 bits per heavy atom. The number of likely N-dealkylation sites (N-methyl/N-ethyl adjacent to an activating group) is 1. The second-order valence-corrected chi connectivity index (χ2v) is 4.58. The Balaban J connectivity index is 2.52. The third-order valence-corrected chi connectivity index (χ3v) is 2.35. The Labute approximate surface area is 106 Å². The minimum Gasteiger partial charge on any atom is -0.354 e. The molecule has 0 radical (unpaired) electrons. The third kappa shape index (κ3) is 4.56. The van der Waals surface area contributed by atoms with E-state index in [2.05, 4.69) is 15.3 Å². The zero-order valence-electron chi connectivity index (χ0n) is 10.3. The molecule has 1 N–H and O–H groups in total. The van der Waals surface area contributed by atoms with Crippen LogP contribution in [0.25, 0.3) is 0 Å². The number of carbonyl (C=O) groups is 1. The lowest BCUT2D eigenvalue weighted by molar-refractivity contribution is -0.119. The van der Waals surface area contributed by atoms with Crippen LogP contribution in [0.2, 0.25) is 5.15 Å². The molecule has 0 aliphatic carbocycles. The second kappa shape index (κ2) is 6.39. The smallest absolute Gasteiger partial charge is 0.239 e. The fourth-order valence-corrected chi connectivity index (χ4v) is 1.48. The van der Waals surface area contributed by atoms with Crippen molar-refractivity contribution in [2.75, 3.05) is 25.0 Å². The number of anilines is 1. The summed E-state index contributed by atoms with van der Waals surface area (Å²) in [7, 11) is 1.75. The number of halogens is 1. The summed E-state index contributed by atoms with van der Waals surface area (Å²) in [6.07, 6.45) is 3.06. The maximum atomic E-state index is 11.6. The summed E-state index contributed by atoms with van der Waals surface area (Å²) >= 11 is 5.88. The van der Waals surface area contributed by atoms with Crippen molar-refractivity contribution in [2.24, 2.45) is 5.92 Å². The van der Waals surface area contributed by atoms with Crippen LogP contribution in [-0.2, 0) is 4.79 Å². The topological polar surface area (TPSA) is 58.1 Å². The lowest BCUT2D eigenvalue weighted by Crippen LogP contribution is -2.37. The highest BCUT2D eigenvalue weighted by Gasteiger charge is 2.12. The number of rotatable bonds is 5. The fourth-order valence-electron chi connectivity index (χ4n) is 1.23. The van der Waals surface area contributed by atoms with Gasteiger partial charge in [0.05, 0.1) is 6.54 Å². The molecule has 0 fully saturated rings. The molecule has 0 aliphatic rings. The maximum Gasteiger partial charge on any atom is 0.239 e. The van der Waals surface area contributed by atoms with Crippen LogP contribution in [0, 0.1) is 5.92 Å². The van der Waals surface area contributed by atoms with E-state index in [4.69, 9.17) is 11.6 Å². The van der Waals surface area contributed by atoms with Gasteiger partial charge in [0, 0.05) is 26.0 Å². The lowest BCUT2D eigenvalue weighted by Gasteiger charge is -2.18. The van der Waals surface area contributed by atoms with Crippen molar-refractivity contribution >= 4 is 23.3 Å². The van der Waals surface area contributed by atoms with E-state index in [1.807, 2.05) is 13.8 Å². The highest BCUT2D eigenvalue weighted by atomic mass is 35.5. The standard InChI is InChI=1S/C11H17ClN4O/c1-8(2)6-15-9(17)7-16(3)11-10(12)13-4-5-14-11/h4-5,8H,6-7H2,1-3H3,(H,15,17). The molecule has 1 heterocycles. The predicted octanol–water partition coefficient (Wildman–Crippen LogP) is 1.34. The molecular weight excluding hydrogens is 240 g/mol. The molecule has 0 spiro atoms. The van der Waals surface area contributed by atoms with Gasteiger partial charge in [-0.1, -0.05) is 25.4 Å². The molecule has 1 rings (SSSR count). The Bertz CT molecular complexity index is 383. The molecule has 94 valence electrons. The first-order valence-electron chi connectivity index (χ1n) is 5.45. The van der Waals surface area contributed by atoms with Gasteiger partial charge in [-0.25, -0.2) is 9.97 Å². The van der Waals surface area contributed by atoms with Crippen molar-refractivity contribution in [2.45, 2.75) is 13.8 Å². The number of carbonyl (C=O) groups excluding carboxylic acids is 1. The van der Waals surface area contributed by atoms with Crippen molar-refractivity contribution in [3.63, 3.8) is 0 Å². The summed E-state index contributed by atoms with van der Waals surface area (Å²) in [5, 5.41) is 3.13. The molecule has 0 bridgehead atoms. The number of nitrogens with zero attached hydrogens (tertiary/aromatic N) is 3. The average Bonchev–Trinajstić information content (AvgIpc) is 2.26. The highest BCUT2D eigenvalue weighted by Crippen LogP contribution is 2.17. The molecule has 0 unspecified atom stereocenters. The first-order valence-corrected chi connectivity index (χ1v) is 5.83. The number of nitrogens with one attached hydrogen (secondary N) is 1. The van der Waals surface area contributed by atoms with E-state index in [0.29, 0.717) is 23.4 Å². The van der Waals surface area contributed by atoms with Gasteiger partial charge in [0.2, 0.25) is 5.91 Å². The van der Waals surface area contributed by atoms with Gasteiger partial charge in [-0.05, 0) is 5.92 Å². The van der Waals surface area contributed by atoms with E-state index >= 15 is 0 Å². The van der Waals surface area contributed by atoms with Gasteiger partial charge < -0.3 is 10.2 Å². The summed E-state index contributed by atoms with van der Waals surface area (Å²) in [6.45, 7) is 4.97. The molecule has 6 heteroatoms. The predicted molar refractivity (Wildman–Crippen MR) is 68.2 cm³/mol. The van der Waals surface area contributed by atoms with Crippen molar-refractivity contribution in [1.29, 1.82) is 0 Å². The number of hydrogen-bond acceptors (Lipinski definition) is 4. The van der Waals surface area contributed by atoms with E-state index in [0.717, 1.165) is 0 Å². The van der Waals surface area contributed by atoms with E-state index < -0.39 is 0 Å². The Kier molecular flexibility index (Phi) is 5.15.